The van der Waals surface area contributed by atoms with E-state index in [0.29, 0.717) is 11.4 Å². The van der Waals surface area contributed by atoms with Crippen molar-refractivity contribution >= 4 is 35.6 Å². The highest BCUT2D eigenvalue weighted by Crippen LogP contribution is 2.16. The van der Waals surface area contributed by atoms with E-state index in [1.54, 1.807) is 31.2 Å². The highest BCUT2D eigenvalue weighted by atomic mass is 35.5. The van der Waals surface area contributed by atoms with Gasteiger partial charge in [-0.1, -0.05) is 19.9 Å². The van der Waals surface area contributed by atoms with E-state index in [1.807, 2.05) is 13.8 Å². The van der Waals surface area contributed by atoms with Crippen molar-refractivity contribution in [2.45, 2.75) is 26.8 Å². The third-order valence-electron chi connectivity index (χ3n) is 2.34. The summed E-state index contributed by atoms with van der Waals surface area (Å²) in [5, 5.41) is 5.43. The largest absolute Gasteiger partial charge is 0.326 e. The number of amides is 2. The second-order valence-corrected chi connectivity index (χ2v) is 4.50. The maximum Gasteiger partial charge on any atom is 0.240 e. The number of hydrogen-bond acceptors (Lipinski definition) is 3. The summed E-state index contributed by atoms with van der Waals surface area (Å²) in [6.45, 7) is 5.24. The summed E-state index contributed by atoms with van der Waals surface area (Å²) in [4.78, 5) is 23.0. The van der Waals surface area contributed by atoms with Gasteiger partial charge in [-0.2, -0.15) is 0 Å². The van der Waals surface area contributed by atoms with Crippen LogP contribution in [0.15, 0.2) is 24.3 Å². The Labute approximate surface area is 119 Å². The Morgan fingerprint density at radius 3 is 1.95 bits per heavy atom. The van der Waals surface area contributed by atoms with Gasteiger partial charge in [0.2, 0.25) is 11.8 Å². The van der Waals surface area contributed by atoms with Crippen LogP contribution in [0.1, 0.15) is 20.8 Å². The minimum atomic E-state index is -0.570. The molecule has 0 aliphatic carbocycles. The Hall–Kier alpha value is -1.59. The van der Waals surface area contributed by atoms with Crippen molar-refractivity contribution in [3.63, 3.8) is 0 Å². The lowest BCUT2D eigenvalue weighted by Gasteiger charge is -2.11. The molecule has 0 aliphatic rings. The quantitative estimate of drug-likeness (QED) is 0.791. The van der Waals surface area contributed by atoms with Crippen molar-refractivity contribution in [3.8, 4) is 0 Å². The number of carbonyl (C=O) groups excluding carboxylic acids is 2. The van der Waals surface area contributed by atoms with Crippen molar-refractivity contribution in [1.29, 1.82) is 0 Å². The Kier molecular flexibility index (Phi) is 7.11. The highest BCUT2D eigenvalue weighted by Gasteiger charge is 2.09. The molecule has 4 N–H and O–H groups in total. The van der Waals surface area contributed by atoms with Gasteiger partial charge in [-0.15, -0.1) is 12.4 Å². The van der Waals surface area contributed by atoms with Gasteiger partial charge in [0, 0.05) is 17.3 Å². The molecule has 0 aromatic heterocycles. The van der Waals surface area contributed by atoms with Crippen molar-refractivity contribution < 1.29 is 9.59 Å². The average molecular weight is 286 g/mol. The first kappa shape index (κ1) is 17.4. The van der Waals surface area contributed by atoms with Crippen LogP contribution in [0.3, 0.4) is 0 Å². The third-order valence-corrected chi connectivity index (χ3v) is 2.34. The summed E-state index contributed by atoms with van der Waals surface area (Å²) >= 11 is 0. The number of carbonyl (C=O) groups is 2. The van der Waals surface area contributed by atoms with Crippen LogP contribution >= 0.6 is 12.4 Å². The molecule has 0 spiro atoms. The zero-order valence-electron chi connectivity index (χ0n) is 11.3. The van der Waals surface area contributed by atoms with Gasteiger partial charge in [-0.05, 0) is 25.1 Å². The SMILES string of the molecule is CC(C)C(=O)Nc1cccc(NC(=O)[C@@H](C)N)c1.Cl. The number of halogens is 1. The topological polar surface area (TPSA) is 84.2 Å². The number of benzene rings is 1. The van der Waals surface area contributed by atoms with Gasteiger partial charge >= 0.3 is 0 Å². The third kappa shape index (κ3) is 5.72. The molecule has 0 aliphatic heterocycles. The second kappa shape index (κ2) is 7.76. The first-order valence-electron chi connectivity index (χ1n) is 5.87. The lowest BCUT2D eigenvalue weighted by atomic mass is 10.2. The van der Waals surface area contributed by atoms with E-state index >= 15 is 0 Å². The zero-order chi connectivity index (χ0) is 13.7. The molecule has 19 heavy (non-hydrogen) atoms. The van der Waals surface area contributed by atoms with Crippen LogP contribution in [0.5, 0.6) is 0 Å². The molecule has 2 amide bonds. The molecular formula is C13H20ClN3O2. The van der Waals surface area contributed by atoms with Crippen molar-refractivity contribution in [1.82, 2.24) is 0 Å². The van der Waals surface area contributed by atoms with Gasteiger partial charge in [0.15, 0.2) is 0 Å². The summed E-state index contributed by atoms with van der Waals surface area (Å²) in [5.74, 6) is -0.416. The van der Waals surface area contributed by atoms with Gasteiger partial charge in [-0.3, -0.25) is 9.59 Å². The van der Waals surface area contributed by atoms with Crippen LogP contribution < -0.4 is 16.4 Å². The molecule has 0 saturated carbocycles. The first-order chi connectivity index (χ1) is 8.40. The minimum absolute atomic E-state index is 0. The molecule has 1 rings (SSSR count). The predicted molar refractivity (Wildman–Crippen MR) is 79.4 cm³/mol. The minimum Gasteiger partial charge on any atom is -0.326 e. The maximum absolute atomic E-state index is 11.5. The zero-order valence-corrected chi connectivity index (χ0v) is 12.1. The summed E-state index contributed by atoms with van der Waals surface area (Å²) in [6, 6.07) is 6.39. The lowest BCUT2D eigenvalue weighted by Crippen LogP contribution is -2.32. The molecule has 0 fully saturated rings. The van der Waals surface area contributed by atoms with E-state index < -0.39 is 6.04 Å². The molecule has 0 heterocycles. The van der Waals surface area contributed by atoms with Gasteiger partial charge < -0.3 is 16.4 Å². The number of anilines is 2. The van der Waals surface area contributed by atoms with Crippen LogP contribution in [-0.4, -0.2) is 17.9 Å². The molecule has 0 radical (unpaired) electrons. The molecular weight excluding hydrogens is 266 g/mol. The Balaban J connectivity index is 0.00000324. The van der Waals surface area contributed by atoms with E-state index in [1.165, 1.54) is 0 Å². The number of rotatable bonds is 4. The fraction of sp³-hybridized carbons (Fsp3) is 0.385. The van der Waals surface area contributed by atoms with Gasteiger partial charge in [0.1, 0.15) is 0 Å². The molecule has 0 unspecified atom stereocenters. The highest BCUT2D eigenvalue weighted by molar-refractivity contribution is 5.96. The van der Waals surface area contributed by atoms with Crippen LogP contribution in [0, 0.1) is 5.92 Å². The maximum atomic E-state index is 11.5. The Bertz CT molecular complexity index is 410. The van der Waals surface area contributed by atoms with Crippen LogP contribution in [0.25, 0.3) is 0 Å². The molecule has 1 aromatic carbocycles. The van der Waals surface area contributed by atoms with Gasteiger partial charge in [0.05, 0.1) is 6.04 Å². The molecule has 1 atom stereocenters. The normalized spacial score (nSPS) is 11.4. The van der Waals surface area contributed by atoms with E-state index in [2.05, 4.69) is 10.6 Å². The number of nitrogens with two attached hydrogens (primary N) is 1. The molecule has 5 nitrogen and oxygen atoms in total. The first-order valence-corrected chi connectivity index (χ1v) is 5.87. The standard InChI is InChI=1S/C13H19N3O2.ClH/c1-8(2)12(17)15-10-5-4-6-11(7-10)16-13(18)9(3)14;/h4-9H,14H2,1-3H3,(H,15,17)(H,16,18);1H/t9-;/m1./s1. The van der Waals surface area contributed by atoms with Gasteiger partial charge in [0.25, 0.3) is 0 Å². The van der Waals surface area contributed by atoms with Crippen molar-refractivity contribution in [2.24, 2.45) is 11.7 Å². The summed E-state index contributed by atoms with van der Waals surface area (Å²) in [5.41, 5.74) is 6.72. The van der Waals surface area contributed by atoms with Crippen LogP contribution in [0.2, 0.25) is 0 Å². The van der Waals surface area contributed by atoms with E-state index in [9.17, 15) is 9.59 Å². The Morgan fingerprint density at radius 2 is 1.53 bits per heavy atom. The fourth-order valence-corrected chi connectivity index (χ4v) is 1.22. The second-order valence-electron chi connectivity index (χ2n) is 4.50. The molecule has 0 bridgehead atoms. The van der Waals surface area contributed by atoms with Gasteiger partial charge in [-0.25, -0.2) is 0 Å². The number of nitrogens with one attached hydrogen (secondary N) is 2. The summed E-state index contributed by atoms with van der Waals surface area (Å²) < 4.78 is 0. The lowest BCUT2D eigenvalue weighted by molar-refractivity contribution is -0.119. The van der Waals surface area contributed by atoms with E-state index in [-0.39, 0.29) is 30.1 Å². The Morgan fingerprint density at radius 1 is 1.05 bits per heavy atom. The monoisotopic (exact) mass is 285 g/mol. The molecule has 1 aromatic rings. The summed E-state index contributed by atoms with van der Waals surface area (Å²) in [7, 11) is 0. The van der Waals surface area contributed by atoms with E-state index in [0.717, 1.165) is 0 Å². The average Bonchev–Trinajstić information content (AvgIpc) is 2.29. The smallest absolute Gasteiger partial charge is 0.240 e. The van der Waals surface area contributed by atoms with Crippen molar-refractivity contribution in [2.75, 3.05) is 10.6 Å². The number of hydrogen-bond donors (Lipinski definition) is 3. The summed E-state index contributed by atoms with van der Waals surface area (Å²) in [6.07, 6.45) is 0. The molecule has 0 saturated heterocycles. The van der Waals surface area contributed by atoms with Crippen LogP contribution in [0.4, 0.5) is 11.4 Å². The molecule has 106 valence electrons. The molecule has 6 heteroatoms. The van der Waals surface area contributed by atoms with Crippen LogP contribution in [-0.2, 0) is 9.59 Å². The van der Waals surface area contributed by atoms with E-state index in [4.69, 9.17) is 5.73 Å². The predicted octanol–water partition coefficient (Wildman–Crippen LogP) is 1.99. The van der Waals surface area contributed by atoms with Crippen molar-refractivity contribution in [3.05, 3.63) is 24.3 Å². The fourth-order valence-electron chi connectivity index (χ4n) is 1.22.